The predicted octanol–water partition coefficient (Wildman–Crippen LogP) is 2.88. The van der Waals surface area contributed by atoms with E-state index in [4.69, 9.17) is 4.74 Å². The number of carbonyl (C=O) groups excluding carboxylic acids is 1. The molecule has 0 radical (unpaired) electrons. The maximum Gasteiger partial charge on any atom is 0.337 e. The minimum Gasteiger partial charge on any atom is -0.465 e. The molecule has 0 saturated carbocycles. The number of aryl methyl sites for hydroxylation is 1. The van der Waals surface area contributed by atoms with Crippen LogP contribution in [0.5, 0.6) is 0 Å². The van der Waals surface area contributed by atoms with Crippen molar-refractivity contribution in [1.29, 1.82) is 0 Å². The van der Waals surface area contributed by atoms with Crippen LogP contribution in [0.4, 0.5) is 0 Å². The predicted molar refractivity (Wildman–Crippen MR) is 121 cm³/mol. The summed E-state index contributed by atoms with van der Waals surface area (Å²) in [5, 5.41) is 3.32. The quantitative estimate of drug-likeness (QED) is 0.502. The van der Waals surface area contributed by atoms with Gasteiger partial charge in [-0.3, -0.25) is 14.1 Å². The fraction of sp³-hybridized carbons (Fsp3) is 0.250. The smallest absolute Gasteiger partial charge is 0.337 e. The van der Waals surface area contributed by atoms with Crippen molar-refractivity contribution in [3.63, 3.8) is 0 Å². The average Bonchev–Trinajstić information content (AvgIpc) is 3.44. The highest BCUT2D eigenvalue weighted by atomic mass is 16.5. The molecule has 4 heterocycles. The molecular weight excluding hydrogens is 406 g/mol. The third-order valence-corrected chi connectivity index (χ3v) is 5.96. The average molecular weight is 429 g/mol. The lowest BCUT2D eigenvalue weighted by atomic mass is 10.0. The standard InChI is InChI=1S/C24H23N5O3/c1-15-12-16(23(30)32-2)5-7-19(15)20-8-6-17(14-27-20)28-21-4-3-10-26-22(21)29(24(28)31)18-9-11-25-13-18/h3-8,10,12,14,18,25H,9,11,13H2,1-2H3/t18-/m0/s1. The Kier molecular flexibility index (Phi) is 5.07. The molecule has 5 rings (SSSR count). The molecule has 1 saturated heterocycles. The van der Waals surface area contributed by atoms with Crippen LogP contribution in [0.15, 0.2) is 59.7 Å². The van der Waals surface area contributed by atoms with Crippen LogP contribution in [-0.4, -0.2) is 45.3 Å². The third-order valence-electron chi connectivity index (χ3n) is 5.96. The van der Waals surface area contributed by atoms with Gasteiger partial charge in [0.05, 0.1) is 41.8 Å². The zero-order valence-corrected chi connectivity index (χ0v) is 17.9. The lowest BCUT2D eigenvalue weighted by Crippen LogP contribution is -2.28. The zero-order chi connectivity index (χ0) is 22.2. The summed E-state index contributed by atoms with van der Waals surface area (Å²) in [6.07, 6.45) is 4.31. The van der Waals surface area contributed by atoms with Crippen LogP contribution >= 0.6 is 0 Å². The molecular formula is C24H23N5O3. The molecule has 4 aromatic rings. The van der Waals surface area contributed by atoms with E-state index in [1.807, 2.05) is 37.3 Å². The molecule has 0 bridgehead atoms. The molecule has 1 N–H and O–H groups in total. The number of ether oxygens (including phenoxy) is 1. The molecule has 1 aromatic carbocycles. The fourth-order valence-corrected chi connectivity index (χ4v) is 4.36. The Morgan fingerprint density at radius 2 is 2.06 bits per heavy atom. The van der Waals surface area contributed by atoms with E-state index in [2.05, 4.69) is 15.3 Å². The Morgan fingerprint density at radius 3 is 2.75 bits per heavy atom. The van der Waals surface area contributed by atoms with E-state index in [1.54, 1.807) is 33.7 Å². The van der Waals surface area contributed by atoms with Gasteiger partial charge in [0.1, 0.15) is 0 Å². The van der Waals surface area contributed by atoms with Crippen molar-refractivity contribution in [2.75, 3.05) is 20.2 Å². The number of benzene rings is 1. The van der Waals surface area contributed by atoms with Gasteiger partial charge in [-0.1, -0.05) is 6.07 Å². The van der Waals surface area contributed by atoms with Gasteiger partial charge < -0.3 is 10.1 Å². The van der Waals surface area contributed by atoms with E-state index in [0.717, 1.165) is 41.8 Å². The third kappa shape index (κ3) is 3.29. The topological polar surface area (TPSA) is 91.0 Å². The number of aromatic nitrogens is 4. The van der Waals surface area contributed by atoms with Gasteiger partial charge in [-0.2, -0.15) is 0 Å². The lowest BCUT2D eigenvalue weighted by molar-refractivity contribution is 0.0600. The maximum atomic E-state index is 13.4. The number of carbonyl (C=O) groups is 1. The molecule has 0 spiro atoms. The molecule has 1 aliphatic rings. The molecule has 8 nitrogen and oxygen atoms in total. The molecule has 8 heteroatoms. The SMILES string of the molecule is COC(=O)c1ccc(-c2ccc(-n3c(=O)n([C@H]4CCNC4)c4ncccc43)cn2)c(C)c1. The summed E-state index contributed by atoms with van der Waals surface area (Å²) in [5.74, 6) is -0.371. The summed E-state index contributed by atoms with van der Waals surface area (Å²) < 4.78 is 8.25. The van der Waals surface area contributed by atoms with E-state index in [0.29, 0.717) is 16.9 Å². The first-order valence-corrected chi connectivity index (χ1v) is 10.5. The Morgan fingerprint density at radius 1 is 1.19 bits per heavy atom. The number of imidazole rings is 1. The van der Waals surface area contributed by atoms with Gasteiger partial charge in [0.2, 0.25) is 0 Å². The van der Waals surface area contributed by atoms with Crippen molar-refractivity contribution in [3.05, 3.63) is 76.5 Å². The molecule has 0 unspecified atom stereocenters. The van der Waals surface area contributed by atoms with E-state index in [9.17, 15) is 9.59 Å². The molecule has 0 amide bonds. The highest BCUT2D eigenvalue weighted by molar-refractivity contribution is 5.90. The van der Waals surface area contributed by atoms with Crippen LogP contribution in [0.25, 0.3) is 28.1 Å². The normalized spacial score (nSPS) is 15.9. The minimum absolute atomic E-state index is 0.0874. The molecule has 1 atom stereocenters. The highest BCUT2D eigenvalue weighted by Gasteiger charge is 2.24. The zero-order valence-electron chi connectivity index (χ0n) is 17.9. The Labute approximate surface area is 184 Å². The fourth-order valence-electron chi connectivity index (χ4n) is 4.36. The number of esters is 1. The van der Waals surface area contributed by atoms with Gasteiger partial charge in [-0.25, -0.2) is 14.6 Å². The second-order valence-electron chi connectivity index (χ2n) is 7.90. The van der Waals surface area contributed by atoms with Crippen LogP contribution < -0.4 is 11.0 Å². The van der Waals surface area contributed by atoms with Crippen molar-refractivity contribution < 1.29 is 9.53 Å². The number of hydrogen-bond donors (Lipinski definition) is 1. The summed E-state index contributed by atoms with van der Waals surface area (Å²) >= 11 is 0. The molecule has 0 aliphatic carbocycles. The highest BCUT2D eigenvalue weighted by Crippen LogP contribution is 2.25. The molecule has 32 heavy (non-hydrogen) atoms. The number of hydrogen-bond acceptors (Lipinski definition) is 6. The van der Waals surface area contributed by atoms with Gasteiger partial charge in [-0.05, 0) is 61.9 Å². The molecule has 1 fully saturated rings. The molecule has 162 valence electrons. The van der Waals surface area contributed by atoms with Crippen molar-refractivity contribution in [2.24, 2.45) is 0 Å². The summed E-state index contributed by atoms with van der Waals surface area (Å²) in [6.45, 7) is 3.57. The number of nitrogens with zero attached hydrogens (tertiary/aromatic N) is 4. The Balaban J connectivity index is 1.56. The van der Waals surface area contributed by atoms with Crippen LogP contribution in [0.3, 0.4) is 0 Å². The van der Waals surface area contributed by atoms with E-state index in [-0.39, 0.29) is 17.7 Å². The second-order valence-corrected chi connectivity index (χ2v) is 7.90. The van der Waals surface area contributed by atoms with Gasteiger partial charge in [0.25, 0.3) is 0 Å². The molecule has 3 aromatic heterocycles. The Bertz CT molecular complexity index is 1360. The largest absolute Gasteiger partial charge is 0.465 e. The number of nitrogens with one attached hydrogen (secondary N) is 1. The van der Waals surface area contributed by atoms with E-state index >= 15 is 0 Å². The summed E-state index contributed by atoms with van der Waals surface area (Å²) in [4.78, 5) is 34.3. The van der Waals surface area contributed by atoms with Crippen molar-refractivity contribution in [2.45, 2.75) is 19.4 Å². The van der Waals surface area contributed by atoms with Gasteiger partial charge in [0.15, 0.2) is 5.65 Å². The minimum atomic E-state index is -0.371. The van der Waals surface area contributed by atoms with Crippen molar-refractivity contribution in [1.82, 2.24) is 24.4 Å². The van der Waals surface area contributed by atoms with Gasteiger partial charge >= 0.3 is 11.7 Å². The van der Waals surface area contributed by atoms with Crippen LogP contribution in [0.1, 0.15) is 28.4 Å². The van der Waals surface area contributed by atoms with Gasteiger partial charge in [-0.15, -0.1) is 0 Å². The van der Waals surface area contributed by atoms with Crippen LogP contribution in [-0.2, 0) is 4.74 Å². The monoisotopic (exact) mass is 429 g/mol. The molecule has 1 aliphatic heterocycles. The second kappa shape index (κ2) is 8.05. The lowest BCUT2D eigenvalue weighted by Gasteiger charge is -2.10. The number of pyridine rings is 2. The van der Waals surface area contributed by atoms with Gasteiger partial charge in [0, 0.05) is 18.3 Å². The summed E-state index contributed by atoms with van der Waals surface area (Å²) in [7, 11) is 1.36. The van der Waals surface area contributed by atoms with Crippen molar-refractivity contribution >= 4 is 17.1 Å². The first-order valence-electron chi connectivity index (χ1n) is 10.5. The van der Waals surface area contributed by atoms with Crippen LogP contribution in [0, 0.1) is 6.92 Å². The first kappa shape index (κ1) is 20.1. The summed E-state index contributed by atoms with van der Waals surface area (Å²) in [6, 6.07) is 13.0. The number of fused-ring (bicyclic) bond motifs is 1. The van der Waals surface area contributed by atoms with Crippen LogP contribution in [0.2, 0.25) is 0 Å². The van der Waals surface area contributed by atoms with E-state index in [1.165, 1.54) is 7.11 Å². The Hall–Kier alpha value is -3.78. The van der Waals surface area contributed by atoms with Crippen molar-refractivity contribution in [3.8, 4) is 16.9 Å². The number of rotatable bonds is 4. The first-order chi connectivity index (χ1) is 15.6. The van der Waals surface area contributed by atoms with E-state index < -0.39 is 0 Å². The number of methoxy groups -OCH3 is 1. The maximum absolute atomic E-state index is 13.4. The summed E-state index contributed by atoms with van der Waals surface area (Å²) in [5.41, 5.74) is 5.11.